The lowest BCUT2D eigenvalue weighted by Gasteiger charge is -2.08. The fraction of sp³-hybridized carbons (Fsp3) is 0.267. The van der Waals surface area contributed by atoms with Crippen molar-refractivity contribution in [2.75, 3.05) is 0 Å². The second-order valence-corrected chi connectivity index (χ2v) is 8.11. The summed E-state index contributed by atoms with van der Waals surface area (Å²) < 4.78 is 48.5. The van der Waals surface area contributed by atoms with Crippen molar-refractivity contribution in [2.24, 2.45) is 0 Å². The monoisotopic (exact) mass is 372 g/mol. The Hall–Kier alpha value is -1.84. The number of hydrogen-bond acceptors (Lipinski definition) is 5. The minimum Gasteiger partial charge on any atom is -0.347 e. The zero-order valence-corrected chi connectivity index (χ0v) is 14.0. The number of hydrogen-bond donors (Lipinski definition) is 2. The lowest BCUT2D eigenvalue weighted by molar-refractivity contribution is 0.0952. The highest BCUT2D eigenvalue weighted by atomic mass is 32.2. The van der Waals surface area contributed by atoms with Gasteiger partial charge in [-0.1, -0.05) is 18.2 Å². The zero-order chi connectivity index (χ0) is 17.3. The molecule has 24 heavy (non-hydrogen) atoms. The molecular weight excluding hydrogens is 358 g/mol. The number of halogens is 2. The number of sulfone groups is 1. The maximum Gasteiger partial charge on any atom is 0.341 e. The quantitative estimate of drug-likeness (QED) is 0.844. The van der Waals surface area contributed by atoms with E-state index in [0.717, 1.165) is 41.6 Å². The molecule has 0 aliphatic carbocycles. The number of benzene rings is 1. The summed E-state index contributed by atoms with van der Waals surface area (Å²) in [5.74, 6) is -4.23. The molecule has 0 unspecified atom stereocenters. The van der Waals surface area contributed by atoms with E-state index < -0.39 is 26.4 Å². The Balaban J connectivity index is 1.74. The van der Waals surface area contributed by atoms with Gasteiger partial charge in [-0.05, 0) is 28.1 Å². The topological polar surface area (TPSA) is 75.3 Å². The predicted octanol–water partition coefficient (Wildman–Crippen LogP) is 2.28. The molecule has 1 amide bonds. The van der Waals surface area contributed by atoms with Crippen molar-refractivity contribution >= 4 is 27.1 Å². The molecule has 2 heterocycles. The van der Waals surface area contributed by atoms with Gasteiger partial charge in [0.2, 0.25) is 9.84 Å². The largest absolute Gasteiger partial charge is 0.347 e. The molecule has 2 N–H and O–H groups in total. The van der Waals surface area contributed by atoms with Gasteiger partial charge in [0.25, 0.3) is 5.91 Å². The van der Waals surface area contributed by atoms with Crippen molar-refractivity contribution in [1.82, 2.24) is 10.6 Å². The number of rotatable bonds is 5. The minimum absolute atomic E-state index is 0.193. The Labute approximate surface area is 141 Å². The number of carbonyl (C=O) groups excluding carboxylic acids is 1. The molecule has 0 saturated heterocycles. The van der Waals surface area contributed by atoms with E-state index in [4.69, 9.17) is 0 Å². The number of carbonyl (C=O) groups is 1. The summed E-state index contributed by atoms with van der Waals surface area (Å²) in [4.78, 5) is 11.3. The maximum absolute atomic E-state index is 12.7. The van der Waals surface area contributed by atoms with Gasteiger partial charge in [-0.3, -0.25) is 4.79 Å². The average molecular weight is 372 g/mol. The first kappa shape index (κ1) is 17.0. The molecule has 5 nitrogen and oxygen atoms in total. The number of alkyl halides is 2. The Morgan fingerprint density at radius 3 is 2.75 bits per heavy atom. The lowest BCUT2D eigenvalue weighted by atomic mass is 10.1. The molecule has 3 rings (SSSR count). The third kappa shape index (κ3) is 3.19. The standard InChI is InChI=1S/C15H14F2N2O3S2/c16-15(17)24(21,22)12-3-4-23-13(12)14(20)19-6-9-1-2-10-7-18-8-11(10)5-9/h1-5,15,18H,6-8H2,(H,19,20). The van der Waals surface area contributed by atoms with Crippen LogP contribution in [0.25, 0.3) is 0 Å². The third-order valence-corrected chi connectivity index (χ3v) is 6.20. The molecule has 0 spiro atoms. The summed E-state index contributed by atoms with van der Waals surface area (Å²) in [5.41, 5.74) is 3.22. The summed E-state index contributed by atoms with van der Waals surface area (Å²) >= 11 is 0.823. The molecular formula is C15H14F2N2O3S2. The first-order valence-corrected chi connectivity index (χ1v) is 9.51. The summed E-state index contributed by atoms with van der Waals surface area (Å²) in [7, 11) is -4.79. The van der Waals surface area contributed by atoms with E-state index >= 15 is 0 Å². The van der Waals surface area contributed by atoms with Gasteiger partial charge in [0.05, 0.1) is 4.90 Å². The number of thiophene rings is 1. The van der Waals surface area contributed by atoms with Crippen LogP contribution >= 0.6 is 11.3 Å². The first-order chi connectivity index (χ1) is 11.4. The normalized spacial score (nSPS) is 14.0. The van der Waals surface area contributed by atoms with Crippen LogP contribution in [0.1, 0.15) is 26.4 Å². The van der Waals surface area contributed by atoms with Crippen LogP contribution in [0.5, 0.6) is 0 Å². The summed E-state index contributed by atoms with van der Waals surface area (Å²) in [6, 6.07) is 6.83. The van der Waals surface area contributed by atoms with Crippen LogP contribution in [0, 0.1) is 0 Å². The van der Waals surface area contributed by atoms with Crippen molar-refractivity contribution < 1.29 is 22.0 Å². The smallest absolute Gasteiger partial charge is 0.341 e. The zero-order valence-electron chi connectivity index (χ0n) is 12.4. The van der Waals surface area contributed by atoms with Crippen LogP contribution in [0.2, 0.25) is 0 Å². The molecule has 1 aliphatic heterocycles. The van der Waals surface area contributed by atoms with Gasteiger partial charge in [0.15, 0.2) is 0 Å². The highest BCUT2D eigenvalue weighted by Crippen LogP contribution is 2.26. The van der Waals surface area contributed by atoms with E-state index in [1.54, 1.807) is 0 Å². The molecule has 2 aromatic rings. The van der Waals surface area contributed by atoms with Crippen LogP contribution in [-0.2, 0) is 29.5 Å². The average Bonchev–Trinajstić information content (AvgIpc) is 3.20. The molecule has 1 aliphatic rings. The molecule has 0 bridgehead atoms. The number of nitrogens with one attached hydrogen (secondary N) is 2. The molecule has 1 aromatic heterocycles. The first-order valence-electron chi connectivity index (χ1n) is 7.08. The van der Waals surface area contributed by atoms with E-state index in [1.807, 2.05) is 18.2 Å². The van der Waals surface area contributed by atoms with Crippen molar-refractivity contribution in [3.8, 4) is 0 Å². The van der Waals surface area contributed by atoms with E-state index in [9.17, 15) is 22.0 Å². The molecule has 1 aromatic carbocycles. The summed E-state index contributed by atoms with van der Waals surface area (Å²) in [6.45, 7) is 1.77. The molecule has 0 radical (unpaired) electrons. The highest BCUT2D eigenvalue weighted by molar-refractivity contribution is 7.92. The third-order valence-electron chi connectivity index (χ3n) is 3.73. The Kier molecular flexibility index (Phi) is 4.66. The van der Waals surface area contributed by atoms with Crippen molar-refractivity contribution in [2.45, 2.75) is 30.3 Å². The SMILES string of the molecule is O=C(NCc1ccc2c(c1)CNC2)c1sccc1S(=O)(=O)C(F)F. The van der Waals surface area contributed by atoms with Crippen molar-refractivity contribution in [3.63, 3.8) is 0 Å². The van der Waals surface area contributed by atoms with Gasteiger partial charge in [-0.25, -0.2) is 8.42 Å². The summed E-state index contributed by atoms with van der Waals surface area (Å²) in [5, 5.41) is 7.11. The van der Waals surface area contributed by atoms with Crippen LogP contribution in [0.15, 0.2) is 34.5 Å². The van der Waals surface area contributed by atoms with Gasteiger partial charge in [0.1, 0.15) is 4.88 Å². The van der Waals surface area contributed by atoms with Gasteiger partial charge < -0.3 is 10.6 Å². The van der Waals surface area contributed by atoms with E-state index in [-0.39, 0.29) is 11.4 Å². The van der Waals surface area contributed by atoms with Crippen molar-refractivity contribution in [3.05, 3.63) is 51.2 Å². The van der Waals surface area contributed by atoms with E-state index in [0.29, 0.717) is 0 Å². The Morgan fingerprint density at radius 2 is 2.00 bits per heavy atom. The Morgan fingerprint density at radius 1 is 1.25 bits per heavy atom. The number of fused-ring (bicyclic) bond motifs is 1. The van der Waals surface area contributed by atoms with Crippen molar-refractivity contribution in [1.29, 1.82) is 0 Å². The fourth-order valence-corrected chi connectivity index (χ4v) is 4.59. The second-order valence-electron chi connectivity index (χ2n) is 5.31. The van der Waals surface area contributed by atoms with Gasteiger partial charge in [-0.15, -0.1) is 11.3 Å². The second kappa shape index (κ2) is 6.58. The van der Waals surface area contributed by atoms with Crippen LogP contribution in [0.4, 0.5) is 8.78 Å². The minimum atomic E-state index is -4.79. The van der Waals surface area contributed by atoms with Gasteiger partial charge in [-0.2, -0.15) is 8.78 Å². The van der Waals surface area contributed by atoms with Crippen LogP contribution in [-0.4, -0.2) is 20.1 Å². The lowest BCUT2D eigenvalue weighted by Crippen LogP contribution is -2.24. The highest BCUT2D eigenvalue weighted by Gasteiger charge is 2.32. The fourth-order valence-electron chi connectivity index (χ4n) is 2.50. The number of amides is 1. The molecule has 0 fully saturated rings. The van der Waals surface area contributed by atoms with Gasteiger partial charge in [0, 0.05) is 19.6 Å². The van der Waals surface area contributed by atoms with E-state index in [2.05, 4.69) is 10.6 Å². The predicted molar refractivity (Wildman–Crippen MR) is 85.7 cm³/mol. The van der Waals surface area contributed by atoms with Crippen LogP contribution in [0.3, 0.4) is 0 Å². The van der Waals surface area contributed by atoms with Gasteiger partial charge >= 0.3 is 5.76 Å². The van der Waals surface area contributed by atoms with Crippen LogP contribution < -0.4 is 10.6 Å². The van der Waals surface area contributed by atoms with E-state index in [1.165, 1.54) is 10.9 Å². The summed E-state index contributed by atoms with van der Waals surface area (Å²) in [6.07, 6.45) is 0. The Bertz CT molecular complexity index is 879. The molecule has 9 heteroatoms. The molecule has 0 saturated carbocycles. The molecule has 0 atom stereocenters. The maximum atomic E-state index is 12.7. The molecule has 128 valence electrons.